The fourth-order valence-corrected chi connectivity index (χ4v) is 2.32. The van der Waals surface area contributed by atoms with Crippen LogP contribution in [0.5, 0.6) is 0 Å². The van der Waals surface area contributed by atoms with Crippen LogP contribution in [0.15, 0.2) is 30.5 Å². The van der Waals surface area contributed by atoms with E-state index in [4.69, 9.17) is 0 Å². The minimum atomic E-state index is -0.475. The van der Waals surface area contributed by atoms with E-state index in [1.54, 1.807) is 4.68 Å². The van der Waals surface area contributed by atoms with Gasteiger partial charge in [-0.05, 0) is 24.5 Å². The van der Waals surface area contributed by atoms with Gasteiger partial charge in [0.2, 0.25) is 0 Å². The zero-order valence-corrected chi connectivity index (χ0v) is 9.04. The van der Waals surface area contributed by atoms with Gasteiger partial charge in [-0.2, -0.15) is 0 Å². The van der Waals surface area contributed by atoms with E-state index in [1.165, 1.54) is 5.56 Å². The number of aromatic nitrogens is 3. The Morgan fingerprint density at radius 3 is 2.88 bits per heavy atom. The molecule has 1 aromatic heterocycles. The molecule has 0 spiro atoms. The van der Waals surface area contributed by atoms with Gasteiger partial charge in [0.25, 0.3) is 0 Å². The molecular formula is C12H13N3O. The topological polar surface area (TPSA) is 50.9 Å². The van der Waals surface area contributed by atoms with Gasteiger partial charge < -0.3 is 5.11 Å². The second-order valence-corrected chi connectivity index (χ2v) is 4.26. The fourth-order valence-electron chi connectivity index (χ4n) is 2.32. The molecule has 1 aliphatic carbocycles. The van der Waals surface area contributed by atoms with Crippen LogP contribution < -0.4 is 0 Å². The lowest BCUT2D eigenvalue weighted by Gasteiger charge is -2.14. The standard InChI is InChI=1S/C12H13N3O/c1-8-7-15(14-13-8)11-6-9-4-2-3-5-10(9)12(11)16/h2-5,7,11-12,16H,6H2,1H3/t11-,12+/m1/s1. The van der Waals surface area contributed by atoms with Crippen molar-refractivity contribution in [3.8, 4) is 0 Å². The summed E-state index contributed by atoms with van der Waals surface area (Å²) < 4.78 is 1.76. The second-order valence-electron chi connectivity index (χ2n) is 4.26. The minimum Gasteiger partial charge on any atom is -0.386 e. The van der Waals surface area contributed by atoms with Crippen molar-refractivity contribution in [3.05, 3.63) is 47.3 Å². The van der Waals surface area contributed by atoms with Crippen molar-refractivity contribution in [1.82, 2.24) is 15.0 Å². The molecule has 82 valence electrons. The second kappa shape index (κ2) is 3.42. The Kier molecular flexibility index (Phi) is 2.04. The van der Waals surface area contributed by atoms with E-state index in [9.17, 15) is 5.11 Å². The first-order valence-electron chi connectivity index (χ1n) is 5.40. The van der Waals surface area contributed by atoms with Crippen molar-refractivity contribution in [1.29, 1.82) is 0 Å². The zero-order valence-electron chi connectivity index (χ0n) is 9.04. The van der Waals surface area contributed by atoms with Crippen LogP contribution in [0.4, 0.5) is 0 Å². The molecular weight excluding hydrogens is 202 g/mol. The van der Waals surface area contributed by atoms with Crippen molar-refractivity contribution >= 4 is 0 Å². The summed E-state index contributed by atoms with van der Waals surface area (Å²) in [4.78, 5) is 0. The molecule has 2 aromatic rings. The normalized spacial score (nSPS) is 23.4. The molecule has 4 heteroatoms. The number of fused-ring (bicyclic) bond motifs is 1. The van der Waals surface area contributed by atoms with Gasteiger partial charge in [0.15, 0.2) is 0 Å². The van der Waals surface area contributed by atoms with Crippen molar-refractivity contribution in [2.24, 2.45) is 0 Å². The Hall–Kier alpha value is -1.68. The third-order valence-electron chi connectivity index (χ3n) is 3.13. The lowest BCUT2D eigenvalue weighted by Crippen LogP contribution is -2.14. The largest absolute Gasteiger partial charge is 0.386 e. The van der Waals surface area contributed by atoms with Crippen molar-refractivity contribution in [2.45, 2.75) is 25.5 Å². The molecule has 4 nitrogen and oxygen atoms in total. The number of aliphatic hydroxyl groups excluding tert-OH is 1. The van der Waals surface area contributed by atoms with Gasteiger partial charge in [0, 0.05) is 6.20 Å². The van der Waals surface area contributed by atoms with Gasteiger partial charge in [0.1, 0.15) is 6.10 Å². The highest BCUT2D eigenvalue weighted by Crippen LogP contribution is 2.38. The van der Waals surface area contributed by atoms with Gasteiger partial charge in [-0.25, -0.2) is 4.68 Å². The van der Waals surface area contributed by atoms with Crippen LogP contribution in [-0.4, -0.2) is 20.1 Å². The maximum Gasteiger partial charge on any atom is 0.102 e. The van der Waals surface area contributed by atoms with E-state index < -0.39 is 6.10 Å². The van der Waals surface area contributed by atoms with Crippen LogP contribution in [0.2, 0.25) is 0 Å². The number of aryl methyl sites for hydroxylation is 1. The number of hydrogen-bond acceptors (Lipinski definition) is 3. The molecule has 0 bridgehead atoms. The third-order valence-corrected chi connectivity index (χ3v) is 3.13. The van der Waals surface area contributed by atoms with Crippen LogP contribution in [0.25, 0.3) is 0 Å². The van der Waals surface area contributed by atoms with Gasteiger partial charge in [-0.15, -0.1) is 5.10 Å². The van der Waals surface area contributed by atoms with Crippen molar-refractivity contribution in [2.75, 3.05) is 0 Å². The molecule has 16 heavy (non-hydrogen) atoms. The Labute approximate surface area is 93.5 Å². The monoisotopic (exact) mass is 215 g/mol. The summed E-state index contributed by atoms with van der Waals surface area (Å²) in [5, 5.41) is 18.2. The van der Waals surface area contributed by atoms with Crippen LogP contribution >= 0.6 is 0 Å². The molecule has 1 aromatic carbocycles. The number of nitrogens with zero attached hydrogens (tertiary/aromatic N) is 3. The smallest absolute Gasteiger partial charge is 0.102 e. The molecule has 0 amide bonds. The van der Waals surface area contributed by atoms with E-state index in [0.717, 1.165) is 17.7 Å². The molecule has 0 saturated heterocycles. The van der Waals surface area contributed by atoms with Gasteiger partial charge in [-0.1, -0.05) is 29.5 Å². The third kappa shape index (κ3) is 1.34. The number of benzene rings is 1. The molecule has 0 saturated carbocycles. The molecule has 2 atom stereocenters. The zero-order chi connectivity index (χ0) is 11.1. The molecule has 0 radical (unpaired) electrons. The van der Waals surface area contributed by atoms with Crippen LogP contribution in [0, 0.1) is 6.92 Å². The summed E-state index contributed by atoms with van der Waals surface area (Å²) in [6.45, 7) is 1.90. The average Bonchev–Trinajstić information content (AvgIpc) is 2.84. The first-order valence-corrected chi connectivity index (χ1v) is 5.40. The summed E-state index contributed by atoms with van der Waals surface area (Å²) >= 11 is 0. The molecule has 1 heterocycles. The van der Waals surface area contributed by atoms with E-state index in [1.807, 2.05) is 31.3 Å². The first-order chi connectivity index (χ1) is 7.75. The lowest BCUT2D eigenvalue weighted by atomic mass is 10.1. The quantitative estimate of drug-likeness (QED) is 0.782. The van der Waals surface area contributed by atoms with E-state index in [-0.39, 0.29) is 6.04 Å². The fraction of sp³-hybridized carbons (Fsp3) is 0.333. The van der Waals surface area contributed by atoms with Gasteiger partial charge in [0.05, 0.1) is 11.7 Å². The van der Waals surface area contributed by atoms with E-state index in [2.05, 4.69) is 16.4 Å². The minimum absolute atomic E-state index is 0.0152. The molecule has 0 unspecified atom stereocenters. The van der Waals surface area contributed by atoms with Gasteiger partial charge >= 0.3 is 0 Å². The van der Waals surface area contributed by atoms with Crippen molar-refractivity contribution in [3.63, 3.8) is 0 Å². The van der Waals surface area contributed by atoms with Crippen LogP contribution in [-0.2, 0) is 6.42 Å². The predicted molar refractivity (Wildman–Crippen MR) is 58.9 cm³/mol. The number of rotatable bonds is 1. The summed E-state index contributed by atoms with van der Waals surface area (Å²) in [7, 11) is 0. The highest BCUT2D eigenvalue weighted by Gasteiger charge is 2.32. The first kappa shape index (κ1) is 9.54. The summed E-state index contributed by atoms with van der Waals surface area (Å²) in [5.74, 6) is 0. The molecule has 0 aliphatic heterocycles. The van der Waals surface area contributed by atoms with Crippen molar-refractivity contribution < 1.29 is 5.11 Å². The Balaban J connectivity index is 1.98. The molecule has 1 aliphatic rings. The summed E-state index contributed by atoms with van der Waals surface area (Å²) in [6.07, 6.45) is 2.22. The lowest BCUT2D eigenvalue weighted by molar-refractivity contribution is 0.120. The number of hydrogen-bond donors (Lipinski definition) is 1. The number of aliphatic hydroxyl groups is 1. The highest BCUT2D eigenvalue weighted by atomic mass is 16.3. The SMILES string of the molecule is Cc1cn([C@@H]2Cc3ccccc3[C@@H]2O)nn1. The molecule has 0 fully saturated rings. The Morgan fingerprint density at radius 2 is 2.19 bits per heavy atom. The van der Waals surface area contributed by atoms with E-state index >= 15 is 0 Å². The maximum atomic E-state index is 10.2. The van der Waals surface area contributed by atoms with Crippen LogP contribution in [0.1, 0.15) is 29.0 Å². The average molecular weight is 215 g/mol. The molecule has 3 rings (SSSR count). The Morgan fingerprint density at radius 1 is 1.38 bits per heavy atom. The highest BCUT2D eigenvalue weighted by molar-refractivity contribution is 5.35. The van der Waals surface area contributed by atoms with Crippen LogP contribution in [0.3, 0.4) is 0 Å². The maximum absolute atomic E-state index is 10.2. The van der Waals surface area contributed by atoms with Gasteiger partial charge in [-0.3, -0.25) is 0 Å². The summed E-state index contributed by atoms with van der Waals surface area (Å²) in [5.41, 5.74) is 3.09. The Bertz CT molecular complexity index is 520. The molecule has 1 N–H and O–H groups in total. The summed E-state index contributed by atoms with van der Waals surface area (Å²) in [6, 6.07) is 7.97. The van der Waals surface area contributed by atoms with E-state index in [0.29, 0.717) is 0 Å². The predicted octanol–water partition coefficient (Wildman–Crippen LogP) is 1.42.